The second-order valence-electron chi connectivity index (χ2n) is 4.90. The first-order valence-electron chi connectivity index (χ1n) is 6.86. The Labute approximate surface area is 136 Å². The van der Waals surface area contributed by atoms with Crippen molar-refractivity contribution in [2.45, 2.75) is 6.42 Å². The van der Waals surface area contributed by atoms with E-state index >= 15 is 0 Å². The summed E-state index contributed by atoms with van der Waals surface area (Å²) < 4.78 is 14.9. The highest BCUT2D eigenvalue weighted by atomic mass is 32.1. The van der Waals surface area contributed by atoms with Gasteiger partial charge in [-0.25, -0.2) is 4.39 Å². The van der Waals surface area contributed by atoms with Gasteiger partial charge in [0, 0.05) is 6.42 Å². The van der Waals surface area contributed by atoms with E-state index in [-0.39, 0.29) is 11.6 Å². The van der Waals surface area contributed by atoms with Crippen molar-refractivity contribution in [2.24, 2.45) is 5.10 Å². The van der Waals surface area contributed by atoms with E-state index in [1.165, 1.54) is 16.8 Å². The fraction of sp³-hybridized carbons (Fsp3) is 0.0625. The van der Waals surface area contributed by atoms with Gasteiger partial charge in [-0.05, 0) is 59.7 Å². The van der Waals surface area contributed by atoms with Crippen molar-refractivity contribution >= 4 is 18.4 Å². The smallest absolute Gasteiger partial charge is 0.216 e. The molecule has 3 aromatic rings. The maximum atomic E-state index is 13.0. The Morgan fingerprint density at radius 1 is 1.17 bits per heavy atom. The van der Waals surface area contributed by atoms with E-state index in [2.05, 4.69) is 15.3 Å². The third-order valence-corrected chi connectivity index (χ3v) is 3.47. The molecule has 0 aliphatic heterocycles. The number of aromatic nitrogens is 3. The van der Waals surface area contributed by atoms with Gasteiger partial charge in [-0.2, -0.15) is 14.9 Å². The fourth-order valence-electron chi connectivity index (χ4n) is 2.03. The summed E-state index contributed by atoms with van der Waals surface area (Å²) in [4.78, 5) is 0. The van der Waals surface area contributed by atoms with Crippen LogP contribution in [0.1, 0.15) is 17.0 Å². The van der Waals surface area contributed by atoms with Crippen molar-refractivity contribution in [1.82, 2.24) is 14.9 Å². The fourth-order valence-corrected chi connectivity index (χ4v) is 2.23. The Morgan fingerprint density at radius 2 is 1.87 bits per heavy atom. The van der Waals surface area contributed by atoms with Crippen LogP contribution in [0.5, 0.6) is 5.75 Å². The quantitative estimate of drug-likeness (QED) is 0.571. The molecule has 0 aliphatic rings. The first-order valence-corrected chi connectivity index (χ1v) is 7.27. The Kier molecular flexibility index (Phi) is 4.29. The van der Waals surface area contributed by atoms with Crippen LogP contribution in [0.25, 0.3) is 0 Å². The number of halogens is 1. The Balaban J connectivity index is 1.85. The largest absolute Gasteiger partial charge is 0.508 e. The molecule has 0 fully saturated rings. The third kappa shape index (κ3) is 3.70. The van der Waals surface area contributed by atoms with Crippen LogP contribution in [-0.4, -0.2) is 26.2 Å². The predicted molar refractivity (Wildman–Crippen MR) is 87.7 cm³/mol. The lowest BCUT2D eigenvalue weighted by molar-refractivity contribution is 0.475. The summed E-state index contributed by atoms with van der Waals surface area (Å²) in [7, 11) is 0. The number of rotatable bonds is 4. The molecule has 0 bridgehead atoms. The number of nitrogens with one attached hydrogen (secondary N) is 1. The number of benzene rings is 2. The molecular formula is C16H13FN4OS. The second kappa shape index (κ2) is 6.53. The highest BCUT2D eigenvalue weighted by Gasteiger charge is 2.06. The molecule has 116 valence electrons. The van der Waals surface area contributed by atoms with E-state index < -0.39 is 0 Å². The molecular weight excluding hydrogens is 315 g/mol. The van der Waals surface area contributed by atoms with Crippen LogP contribution >= 0.6 is 12.2 Å². The van der Waals surface area contributed by atoms with Gasteiger partial charge in [-0.15, -0.1) is 0 Å². The number of nitrogens with zero attached hydrogens (tertiary/aromatic N) is 3. The lowest BCUT2D eigenvalue weighted by Gasteiger charge is -2.01. The lowest BCUT2D eigenvalue weighted by Crippen LogP contribution is -2.00. The molecule has 1 aromatic heterocycles. The molecule has 0 saturated heterocycles. The zero-order chi connectivity index (χ0) is 16.2. The molecule has 2 N–H and O–H groups in total. The molecule has 0 spiro atoms. The van der Waals surface area contributed by atoms with Crippen molar-refractivity contribution in [3.8, 4) is 5.75 Å². The Hall–Kier alpha value is -2.80. The monoisotopic (exact) mass is 328 g/mol. The number of hydrogen-bond acceptors (Lipinski definition) is 4. The van der Waals surface area contributed by atoms with E-state index in [1.807, 2.05) is 0 Å². The van der Waals surface area contributed by atoms with E-state index in [1.54, 1.807) is 42.6 Å². The highest BCUT2D eigenvalue weighted by molar-refractivity contribution is 7.71. The van der Waals surface area contributed by atoms with Crippen molar-refractivity contribution in [3.63, 3.8) is 0 Å². The maximum absolute atomic E-state index is 13.0. The van der Waals surface area contributed by atoms with Gasteiger partial charge in [0.2, 0.25) is 4.77 Å². The van der Waals surface area contributed by atoms with E-state index in [0.29, 0.717) is 17.0 Å². The molecule has 0 unspecified atom stereocenters. The minimum Gasteiger partial charge on any atom is -0.508 e. The molecule has 1 heterocycles. The molecule has 2 aromatic carbocycles. The third-order valence-electron chi connectivity index (χ3n) is 3.21. The van der Waals surface area contributed by atoms with Gasteiger partial charge in [0.05, 0.1) is 6.21 Å². The number of hydrogen-bond donors (Lipinski definition) is 2. The zero-order valence-corrected chi connectivity index (χ0v) is 12.8. The minimum absolute atomic E-state index is 0.194. The molecule has 0 atom stereocenters. The summed E-state index contributed by atoms with van der Waals surface area (Å²) in [6, 6.07) is 12.8. The summed E-state index contributed by atoms with van der Waals surface area (Å²) in [5, 5.41) is 20.5. The topological polar surface area (TPSA) is 66.2 Å². The molecule has 0 amide bonds. The summed E-state index contributed by atoms with van der Waals surface area (Å²) >= 11 is 5.18. The van der Waals surface area contributed by atoms with Crippen LogP contribution < -0.4 is 0 Å². The number of phenols is 1. The highest BCUT2D eigenvalue weighted by Crippen LogP contribution is 2.10. The molecule has 3 rings (SSSR count). The van der Waals surface area contributed by atoms with Crippen molar-refractivity contribution in [2.75, 3.05) is 0 Å². The maximum Gasteiger partial charge on any atom is 0.216 e. The molecule has 0 radical (unpaired) electrons. The molecule has 23 heavy (non-hydrogen) atoms. The molecule has 5 nitrogen and oxygen atoms in total. The van der Waals surface area contributed by atoms with Gasteiger partial charge in [-0.3, -0.25) is 5.10 Å². The van der Waals surface area contributed by atoms with Gasteiger partial charge < -0.3 is 5.11 Å². The molecule has 0 saturated carbocycles. The van der Waals surface area contributed by atoms with Gasteiger partial charge >= 0.3 is 0 Å². The molecule has 7 heteroatoms. The van der Waals surface area contributed by atoms with Crippen molar-refractivity contribution < 1.29 is 9.50 Å². The first-order chi connectivity index (χ1) is 11.1. The van der Waals surface area contributed by atoms with Crippen LogP contribution in [0, 0.1) is 10.6 Å². The standard InChI is InChI=1S/C16H13FN4OS/c17-13-5-1-11(2-6-13)9-15-19-20-16(23)21(15)18-10-12-3-7-14(22)8-4-12/h1-8,10,22H,9H2,(H,20,23)/b18-10-. The van der Waals surface area contributed by atoms with Gasteiger partial charge in [0.25, 0.3) is 0 Å². The van der Waals surface area contributed by atoms with Gasteiger partial charge in [0.15, 0.2) is 5.82 Å². The Morgan fingerprint density at radius 3 is 2.57 bits per heavy atom. The molecule has 0 aliphatic carbocycles. The van der Waals surface area contributed by atoms with E-state index in [0.717, 1.165) is 11.1 Å². The zero-order valence-electron chi connectivity index (χ0n) is 12.0. The lowest BCUT2D eigenvalue weighted by atomic mass is 10.1. The van der Waals surface area contributed by atoms with Gasteiger partial charge in [-0.1, -0.05) is 12.1 Å². The predicted octanol–water partition coefficient (Wildman–Crippen LogP) is 3.26. The van der Waals surface area contributed by atoms with E-state index in [4.69, 9.17) is 12.2 Å². The van der Waals surface area contributed by atoms with Crippen LogP contribution in [0.2, 0.25) is 0 Å². The normalized spacial score (nSPS) is 11.2. The average Bonchev–Trinajstić information content (AvgIpc) is 2.89. The number of aromatic hydroxyl groups is 1. The van der Waals surface area contributed by atoms with E-state index in [9.17, 15) is 9.50 Å². The van der Waals surface area contributed by atoms with Crippen LogP contribution in [-0.2, 0) is 6.42 Å². The van der Waals surface area contributed by atoms with Crippen LogP contribution in [0.4, 0.5) is 4.39 Å². The number of aromatic amines is 1. The van der Waals surface area contributed by atoms with Crippen molar-refractivity contribution in [3.05, 3.63) is 76.1 Å². The van der Waals surface area contributed by atoms with Crippen LogP contribution in [0.3, 0.4) is 0 Å². The number of H-pyrrole nitrogens is 1. The summed E-state index contributed by atoms with van der Waals surface area (Å²) in [5.74, 6) is 0.536. The average molecular weight is 328 g/mol. The van der Waals surface area contributed by atoms with Crippen molar-refractivity contribution in [1.29, 1.82) is 0 Å². The summed E-state index contributed by atoms with van der Waals surface area (Å²) in [6.45, 7) is 0. The minimum atomic E-state index is -0.280. The Bertz CT molecular complexity index is 882. The second-order valence-corrected chi connectivity index (χ2v) is 5.28. The summed E-state index contributed by atoms with van der Waals surface area (Å²) in [5.41, 5.74) is 1.72. The van der Waals surface area contributed by atoms with Crippen LogP contribution in [0.15, 0.2) is 53.6 Å². The van der Waals surface area contributed by atoms with Gasteiger partial charge in [0.1, 0.15) is 11.6 Å². The summed E-state index contributed by atoms with van der Waals surface area (Å²) in [6.07, 6.45) is 2.10. The first kappa shape index (κ1) is 15.1. The number of phenolic OH excluding ortho intramolecular Hbond substituents is 1. The SMILES string of the molecule is Oc1ccc(/C=N\n2c(Cc3ccc(F)cc3)n[nH]c2=S)cc1.